The molecular formula is C19H26N2O4. The van der Waals surface area contributed by atoms with Gasteiger partial charge in [-0.05, 0) is 44.7 Å². The monoisotopic (exact) mass is 346 g/mol. The minimum atomic E-state index is -0.884. The van der Waals surface area contributed by atoms with Crippen molar-refractivity contribution in [2.24, 2.45) is 5.92 Å². The fourth-order valence-corrected chi connectivity index (χ4v) is 2.36. The molecule has 1 aliphatic rings. The number of hydrogen-bond donors (Lipinski definition) is 2. The van der Waals surface area contributed by atoms with Gasteiger partial charge in [0.1, 0.15) is 6.04 Å². The molecule has 0 spiro atoms. The lowest BCUT2D eigenvalue weighted by Gasteiger charge is -2.23. The van der Waals surface area contributed by atoms with Crippen molar-refractivity contribution < 1.29 is 19.1 Å². The van der Waals surface area contributed by atoms with Gasteiger partial charge in [0.05, 0.1) is 0 Å². The molecule has 2 amide bonds. The number of rotatable bonds is 7. The first kappa shape index (κ1) is 19.0. The Hall–Kier alpha value is -2.37. The molecule has 0 saturated heterocycles. The number of carbonyl (C=O) groups is 3. The molecule has 1 aromatic carbocycles. The van der Waals surface area contributed by atoms with E-state index in [1.54, 1.807) is 18.2 Å². The van der Waals surface area contributed by atoms with Gasteiger partial charge < -0.3 is 15.4 Å². The van der Waals surface area contributed by atoms with Crippen LogP contribution in [0.25, 0.3) is 0 Å². The molecule has 2 rings (SSSR count). The smallest absolute Gasteiger partial charge is 0.329 e. The maximum absolute atomic E-state index is 12.4. The van der Waals surface area contributed by atoms with Crippen LogP contribution in [-0.4, -0.2) is 36.0 Å². The third-order valence-electron chi connectivity index (χ3n) is 4.07. The maximum Gasteiger partial charge on any atom is 0.329 e. The quantitative estimate of drug-likeness (QED) is 0.739. The zero-order valence-corrected chi connectivity index (χ0v) is 15.2. The number of ether oxygens (including phenoxy) is 1. The Morgan fingerprint density at radius 3 is 2.40 bits per heavy atom. The summed E-state index contributed by atoms with van der Waals surface area (Å²) in [6.45, 7) is 7.06. The second-order valence-electron chi connectivity index (χ2n) is 6.93. The zero-order chi connectivity index (χ0) is 18.6. The number of nitrogens with one attached hydrogen (secondary N) is 2. The summed E-state index contributed by atoms with van der Waals surface area (Å²) >= 11 is 0. The normalized spacial score (nSPS) is 16.0. The molecule has 0 aromatic heterocycles. The second kappa shape index (κ2) is 8.14. The Labute approximate surface area is 148 Å². The van der Waals surface area contributed by atoms with Crippen LogP contribution in [0.1, 0.15) is 49.5 Å². The molecule has 0 radical (unpaired) electrons. The van der Waals surface area contributed by atoms with Crippen molar-refractivity contribution >= 4 is 17.8 Å². The van der Waals surface area contributed by atoms with Crippen LogP contribution in [0, 0.1) is 12.8 Å². The highest BCUT2D eigenvalue weighted by molar-refractivity contribution is 5.97. The number of amides is 2. The van der Waals surface area contributed by atoms with Crippen LogP contribution in [0.4, 0.5) is 0 Å². The number of esters is 1. The number of aryl methyl sites for hydroxylation is 1. The van der Waals surface area contributed by atoms with Gasteiger partial charge in [0.15, 0.2) is 6.10 Å². The largest absolute Gasteiger partial charge is 0.451 e. The van der Waals surface area contributed by atoms with Crippen LogP contribution in [0.3, 0.4) is 0 Å². The van der Waals surface area contributed by atoms with Gasteiger partial charge in [-0.3, -0.25) is 9.59 Å². The van der Waals surface area contributed by atoms with Crippen molar-refractivity contribution in [2.45, 2.75) is 58.7 Å². The molecule has 2 N–H and O–H groups in total. The maximum atomic E-state index is 12.4. The molecule has 6 heteroatoms. The van der Waals surface area contributed by atoms with Crippen molar-refractivity contribution in [3.8, 4) is 0 Å². The molecule has 1 fully saturated rings. The summed E-state index contributed by atoms with van der Waals surface area (Å²) in [4.78, 5) is 36.7. The topological polar surface area (TPSA) is 84.5 Å². The van der Waals surface area contributed by atoms with Crippen molar-refractivity contribution in [2.75, 3.05) is 0 Å². The first-order chi connectivity index (χ1) is 11.8. The lowest BCUT2D eigenvalue weighted by molar-refractivity contribution is -0.157. The Balaban J connectivity index is 1.97. The van der Waals surface area contributed by atoms with E-state index >= 15 is 0 Å². The standard InChI is InChI=1S/C19H26N2O4/c1-11(2)16(21-18(23)14-7-5-6-12(3)10-14)19(24)25-13(4)17(22)20-15-8-9-15/h5-7,10-11,13,15-16H,8-9H2,1-4H3,(H,20,22)(H,21,23)/t13?,16-/m0/s1. The van der Waals surface area contributed by atoms with Crippen LogP contribution in [0.5, 0.6) is 0 Å². The predicted molar refractivity (Wildman–Crippen MR) is 94.0 cm³/mol. The number of hydrogen-bond acceptors (Lipinski definition) is 4. The number of carbonyl (C=O) groups excluding carboxylic acids is 3. The Morgan fingerprint density at radius 2 is 1.84 bits per heavy atom. The van der Waals surface area contributed by atoms with Crippen LogP contribution in [-0.2, 0) is 14.3 Å². The van der Waals surface area contributed by atoms with E-state index in [2.05, 4.69) is 10.6 Å². The van der Waals surface area contributed by atoms with E-state index in [0.717, 1.165) is 18.4 Å². The Morgan fingerprint density at radius 1 is 1.16 bits per heavy atom. The summed E-state index contributed by atoms with van der Waals surface area (Å²) < 4.78 is 5.26. The van der Waals surface area contributed by atoms with Gasteiger partial charge in [0.2, 0.25) is 0 Å². The molecule has 1 saturated carbocycles. The first-order valence-corrected chi connectivity index (χ1v) is 8.66. The summed E-state index contributed by atoms with van der Waals surface area (Å²) in [5.74, 6) is -1.41. The average molecular weight is 346 g/mol. The average Bonchev–Trinajstić information content (AvgIpc) is 3.35. The second-order valence-corrected chi connectivity index (χ2v) is 6.93. The highest BCUT2D eigenvalue weighted by Crippen LogP contribution is 2.19. The predicted octanol–water partition coefficient (Wildman–Crippen LogP) is 1.96. The van der Waals surface area contributed by atoms with Crippen molar-refractivity contribution in [1.82, 2.24) is 10.6 Å². The Bertz CT molecular complexity index is 653. The fourth-order valence-electron chi connectivity index (χ4n) is 2.36. The summed E-state index contributed by atoms with van der Waals surface area (Å²) in [7, 11) is 0. The SMILES string of the molecule is Cc1cccc(C(=O)N[C@H](C(=O)OC(C)C(=O)NC2CC2)C(C)C)c1. The lowest BCUT2D eigenvalue weighted by Crippen LogP contribution is -2.47. The van der Waals surface area contributed by atoms with E-state index < -0.39 is 18.1 Å². The molecular weight excluding hydrogens is 320 g/mol. The molecule has 0 aliphatic heterocycles. The highest BCUT2D eigenvalue weighted by Gasteiger charge is 2.31. The molecule has 1 aliphatic carbocycles. The minimum absolute atomic E-state index is 0.167. The van der Waals surface area contributed by atoms with Gasteiger partial charge in [0, 0.05) is 11.6 Å². The van der Waals surface area contributed by atoms with Gasteiger partial charge in [-0.1, -0.05) is 31.5 Å². The highest BCUT2D eigenvalue weighted by atomic mass is 16.5. The summed E-state index contributed by atoms with van der Waals surface area (Å²) in [5, 5.41) is 5.51. The third-order valence-corrected chi connectivity index (χ3v) is 4.07. The van der Waals surface area contributed by atoms with Gasteiger partial charge >= 0.3 is 5.97 Å². The molecule has 2 atom stereocenters. The minimum Gasteiger partial charge on any atom is -0.451 e. The third kappa shape index (κ3) is 5.59. The van der Waals surface area contributed by atoms with Gasteiger partial charge in [0.25, 0.3) is 11.8 Å². The molecule has 25 heavy (non-hydrogen) atoms. The van der Waals surface area contributed by atoms with E-state index in [9.17, 15) is 14.4 Å². The van der Waals surface area contributed by atoms with Gasteiger partial charge in [-0.25, -0.2) is 4.79 Å². The molecule has 136 valence electrons. The first-order valence-electron chi connectivity index (χ1n) is 8.66. The van der Waals surface area contributed by atoms with Gasteiger partial charge in [-0.2, -0.15) is 0 Å². The summed E-state index contributed by atoms with van der Waals surface area (Å²) in [6, 6.07) is 6.52. The molecule has 1 unspecified atom stereocenters. The van der Waals surface area contributed by atoms with E-state index in [1.165, 1.54) is 6.92 Å². The fraction of sp³-hybridized carbons (Fsp3) is 0.526. The van der Waals surface area contributed by atoms with Crippen LogP contribution in [0.15, 0.2) is 24.3 Å². The van der Waals surface area contributed by atoms with Gasteiger partial charge in [-0.15, -0.1) is 0 Å². The van der Waals surface area contributed by atoms with Crippen LogP contribution in [0.2, 0.25) is 0 Å². The molecule has 1 aromatic rings. The number of benzene rings is 1. The van der Waals surface area contributed by atoms with Crippen LogP contribution >= 0.6 is 0 Å². The molecule has 0 bridgehead atoms. The summed E-state index contributed by atoms with van der Waals surface area (Å²) in [5.41, 5.74) is 1.44. The van der Waals surface area contributed by atoms with E-state index in [1.807, 2.05) is 26.8 Å². The van der Waals surface area contributed by atoms with E-state index in [-0.39, 0.29) is 23.8 Å². The zero-order valence-electron chi connectivity index (χ0n) is 15.2. The van der Waals surface area contributed by atoms with Crippen molar-refractivity contribution in [3.63, 3.8) is 0 Å². The molecule has 6 nitrogen and oxygen atoms in total. The van der Waals surface area contributed by atoms with Crippen molar-refractivity contribution in [1.29, 1.82) is 0 Å². The van der Waals surface area contributed by atoms with E-state index in [0.29, 0.717) is 5.56 Å². The van der Waals surface area contributed by atoms with Crippen molar-refractivity contribution in [3.05, 3.63) is 35.4 Å². The molecule has 0 heterocycles. The lowest BCUT2D eigenvalue weighted by atomic mass is 10.0. The Kier molecular flexibility index (Phi) is 6.17. The summed E-state index contributed by atoms with van der Waals surface area (Å²) in [6.07, 6.45) is 1.05. The van der Waals surface area contributed by atoms with E-state index in [4.69, 9.17) is 4.74 Å². The van der Waals surface area contributed by atoms with Crippen LogP contribution < -0.4 is 10.6 Å².